The predicted octanol–water partition coefficient (Wildman–Crippen LogP) is 2.28. The summed E-state index contributed by atoms with van der Waals surface area (Å²) in [5.74, 6) is -0.0325. The van der Waals surface area contributed by atoms with Crippen molar-refractivity contribution in [2.45, 2.75) is 25.9 Å². The van der Waals surface area contributed by atoms with Gasteiger partial charge in [-0.15, -0.1) is 0 Å². The maximum absolute atomic E-state index is 12.6. The average Bonchev–Trinajstić information content (AvgIpc) is 2.81. The van der Waals surface area contributed by atoms with E-state index in [-0.39, 0.29) is 17.4 Å². The van der Waals surface area contributed by atoms with Crippen LogP contribution in [0.3, 0.4) is 0 Å². The standard InChI is InChI=1S/C24H28N4O3/c1-18-6-8-19(9-7-18)22(27-12-14-31-15-13-27)16-25-24(30)10-11-28-21-5-3-2-4-20(21)23(29)17-26-28/h2-9,17,22H,10-16H2,1H3,(H,25,30). The third-order valence-electron chi connectivity index (χ3n) is 5.75. The number of hydrogen-bond donors (Lipinski definition) is 1. The van der Waals surface area contributed by atoms with Crippen molar-refractivity contribution in [2.75, 3.05) is 32.8 Å². The number of nitrogens with zero attached hydrogens (tertiary/aromatic N) is 3. The number of nitrogens with one attached hydrogen (secondary N) is 1. The molecule has 1 saturated heterocycles. The summed E-state index contributed by atoms with van der Waals surface area (Å²) in [5, 5.41) is 7.92. The van der Waals surface area contributed by atoms with Gasteiger partial charge in [0, 0.05) is 31.4 Å². The fourth-order valence-electron chi connectivity index (χ4n) is 3.98. The maximum atomic E-state index is 12.6. The molecule has 3 aromatic rings. The van der Waals surface area contributed by atoms with Crippen LogP contribution in [0.5, 0.6) is 0 Å². The summed E-state index contributed by atoms with van der Waals surface area (Å²) < 4.78 is 7.22. The van der Waals surface area contributed by atoms with Crippen LogP contribution < -0.4 is 10.7 Å². The SMILES string of the molecule is Cc1ccc(C(CNC(=O)CCn2ncc(=O)c3ccccc32)N2CCOCC2)cc1. The first kappa shape index (κ1) is 21.2. The first-order chi connectivity index (χ1) is 15.1. The van der Waals surface area contributed by atoms with Gasteiger partial charge < -0.3 is 10.1 Å². The fourth-order valence-corrected chi connectivity index (χ4v) is 3.98. The molecule has 1 N–H and O–H groups in total. The molecule has 0 saturated carbocycles. The van der Waals surface area contributed by atoms with Crippen LogP contribution in [0.1, 0.15) is 23.6 Å². The summed E-state index contributed by atoms with van der Waals surface area (Å²) in [4.78, 5) is 27.0. The molecule has 162 valence electrons. The first-order valence-electron chi connectivity index (χ1n) is 10.7. The number of aromatic nitrogens is 2. The van der Waals surface area contributed by atoms with Crippen molar-refractivity contribution in [3.63, 3.8) is 0 Å². The Labute approximate surface area is 181 Å². The molecule has 1 atom stereocenters. The number of hydrogen-bond acceptors (Lipinski definition) is 5. The summed E-state index contributed by atoms with van der Waals surface area (Å²) >= 11 is 0. The number of ether oxygens (including phenoxy) is 1. The third kappa shape index (κ3) is 5.18. The van der Waals surface area contributed by atoms with Crippen molar-refractivity contribution in [3.8, 4) is 0 Å². The molecule has 1 fully saturated rings. The molecule has 1 aromatic heterocycles. The van der Waals surface area contributed by atoms with Crippen LogP contribution in [-0.4, -0.2) is 53.4 Å². The Morgan fingerprint density at radius 3 is 2.65 bits per heavy atom. The van der Waals surface area contributed by atoms with E-state index in [0.29, 0.717) is 38.1 Å². The normalized spacial score (nSPS) is 15.6. The second-order valence-electron chi connectivity index (χ2n) is 7.88. The number of benzene rings is 2. The zero-order valence-electron chi connectivity index (χ0n) is 17.8. The molecular formula is C24H28N4O3. The molecule has 7 nitrogen and oxygen atoms in total. The highest BCUT2D eigenvalue weighted by Gasteiger charge is 2.23. The van der Waals surface area contributed by atoms with E-state index in [1.807, 2.05) is 18.2 Å². The predicted molar refractivity (Wildman–Crippen MR) is 120 cm³/mol. The maximum Gasteiger partial charge on any atom is 0.221 e. The van der Waals surface area contributed by atoms with Crippen LogP contribution in [0.4, 0.5) is 0 Å². The number of carbonyl (C=O) groups is 1. The Morgan fingerprint density at radius 2 is 1.87 bits per heavy atom. The zero-order valence-corrected chi connectivity index (χ0v) is 17.8. The number of rotatable bonds is 7. The minimum Gasteiger partial charge on any atom is -0.379 e. The smallest absolute Gasteiger partial charge is 0.221 e. The Bertz CT molecular complexity index is 1090. The van der Waals surface area contributed by atoms with Gasteiger partial charge in [0.2, 0.25) is 11.3 Å². The molecule has 31 heavy (non-hydrogen) atoms. The van der Waals surface area contributed by atoms with Gasteiger partial charge in [-0.1, -0.05) is 42.0 Å². The van der Waals surface area contributed by atoms with E-state index < -0.39 is 0 Å². The lowest BCUT2D eigenvalue weighted by molar-refractivity contribution is -0.121. The van der Waals surface area contributed by atoms with Crippen LogP contribution in [0.15, 0.2) is 59.5 Å². The quantitative estimate of drug-likeness (QED) is 0.635. The Morgan fingerprint density at radius 1 is 1.13 bits per heavy atom. The fraction of sp³-hybridized carbons (Fsp3) is 0.375. The van der Waals surface area contributed by atoms with Crippen LogP contribution in [0.2, 0.25) is 0 Å². The van der Waals surface area contributed by atoms with Gasteiger partial charge in [-0.3, -0.25) is 19.2 Å². The largest absolute Gasteiger partial charge is 0.379 e. The monoisotopic (exact) mass is 420 g/mol. The molecule has 0 aliphatic carbocycles. The highest BCUT2D eigenvalue weighted by Crippen LogP contribution is 2.22. The number of morpholine rings is 1. The number of carbonyl (C=O) groups excluding carboxylic acids is 1. The molecule has 0 bridgehead atoms. The van der Waals surface area contributed by atoms with E-state index in [4.69, 9.17) is 4.74 Å². The van der Waals surface area contributed by atoms with E-state index in [1.54, 1.807) is 10.7 Å². The molecule has 1 amide bonds. The van der Waals surface area contributed by atoms with Gasteiger partial charge in [0.25, 0.3) is 0 Å². The average molecular weight is 421 g/mol. The third-order valence-corrected chi connectivity index (χ3v) is 5.75. The number of fused-ring (bicyclic) bond motifs is 1. The van der Waals surface area contributed by atoms with E-state index in [2.05, 4.69) is 46.5 Å². The molecule has 0 radical (unpaired) electrons. The summed E-state index contributed by atoms with van der Waals surface area (Å²) in [6.07, 6.45) is 1.61. The van der Waals surface area contributed by atoms with Crippen molar-refractivity contribution in [1.29, 1.82) is 0 Å². The van der Waals surface area contributed by atoms with Gasteiger partial charge in [-0.2, -0.15) is 5.10 Å². The Balaban J connectivity index is 1.40. The van der Waals surface area contributed by atoms with Gasteiger partial charge >= 0.3 is 0 Å². The van der Waals surface area contributed by atoms with Crippen molar-refractivity contribution < 1.29 is 9.53 Å². The molecule has 7 heteroatoms. The molecule has 2 aromatic carbocycles. The van der Waals surface area contributed by atoms with Crippen LogP contribution in [0, 0.1) is 6.92 Å². The molecule has 4 rings (SSSR count). The van der Waals surface area contributed by atoms with E-state index in [0.717, 1.165) is 18.6 Å². The number of aryl methyl sites for hydroxylation is 2. The molecule has 0 spiro atoms. The van der Waals surface area contributed by atoms with Crippen LogP contribution in [-0.2, 0) is 16.1 Å². The van der Waals surface area contributed by atoms with Crippen LogP contribution >= 0.6 is 0 Å². The molecule has 1 aliphatic heterocycles. The minimum absolute atomic E-state index is 0.0325. The van der Waals surface area contributed by atoms with Crippen molar-refractivity contribution >= 4 is 16.8 Å². The summed E-state index contributed by atoms with van der Waals surface area (Å²) in [5.41, 5.74) is 3.05. The van der Waals surface area contributed by atoms with Gasteiger partial charge in [0.15, 0.2) is 0 Å². The Hall–Kier alpha value is -3.03. The highest BCUT2D eigenvalue weighted by molar-refractivity contribution is 5.79. The van der Waals surface area contributed by atoms with Crippen LogP contribution in [0.25, 0.3) is 10.9 Å². The zero-order chi connectivity index (χ0) is 21.6. The molecular weight excluding hydrogens is 392 g/mol. The van der Waals surface area contributed by atoms with Crippen molar-refractivity contribution in [2.24, 2.45) is 0 Å². The van der Waals surface area contributed by atoms with Gasteiger partial charge in [0.05, 0.1) is 37.5 Å². The summed E-state index contributed by atoms with van der Waals surface area (Å²) in [6.45, 7) is 6.15. The van der Waals surface area contributed by atoms with E-state index in [1.165, 1.54) is 17.3 Å². The number of para-hydroxylation sites is 1. The van der Waals surface area contributed by atoms with E-state index in [9.17, 15) is 9.59 Å². The van der Waals surface area contributed by atoms with E-state index >= 15 is 0 Å². The topological polar surface area (TPSA) is 76.5 Å². The lowest BCUT2D eigenvalue weighted by atomic mass is 10.0. The highest BCUT2D eigenvalue weighted by atomic mass is 16.5. The minimum atomic E-state index is -0.109. The summed E-state index contributed by atoms with van der Waals surface area (Å²) in [7, 11) is 0. The molecule has 2 heterocycles. The van der Waals surface area contributed by atoms with Gasteiger partial charge in [-0.05, 0) is 24.6 Å². The lowest BCUT2D eigenvalue weighted by Gasteiger charge is -2.35. The molecule has 1 aliphatic rings. The number of amides is 1. The van der Waals surface area contributed by atoms with Gasteiger partial charge in [-0.25, -0.2) is 0 Å². The first-order valence-corrected chi connectivity index (χ1v) is 10.7. The summed E-state index contributed by atoms with van der Waals surface area (Å²) in [6, 6.07) is 15.9. The Kier molecular flexibility index (Phi) is 6.74. The second-order valence-corrected chi connectivity index (χ2v) is 7.88. The van der Waals surface area contributed by atoms with Gasteiger partial charge in [0.1, 0.15) is 0 Å². The lowest BCUT2D eigenvalue weighted by Crippen LogP contribution is -2.43. The molecule has 1 unspecified atom stereocenters. The van der Waals surface area contributed by atoms with Crippen molar-refractivity contribution in [1.82, 2.24) is 20.0 Å². The second kappa shape index (κ2) is 9.85. The van der Waals surface area contributed by atoms with Crippen molar-refractivity contribution in [3.05, 3.63) is 76.1 Å².